The Morgan fingerprint density at radius 1 is 1.08 bits per heavy atom. The number of carbonyl (C=O) groups excluding carboxylic acids is 1. The van der Waals surface area contributed by atoms with Gasteiger partial charge in [0.25, 0.3) is 0 Å². The summed E-state index contributed by atoms with van der Waals surface area (Å²) in [5.74, 6) is 0.750. The summed E-state index contributed by atoms with van der Waals surface area (Å²) in [5, 5.41) is 4.11. The summed E-state index contributed by atoms with van der Waals surface area (Å²) in [7, 11) is 0. The molecule has 0 fully saturated rings. The van der Waals surface area contributed by atoms with E-state index in [0.717, 1.165) is 16.9 Å². The highest BCUT2D eigenvalue weighted by atomic mass is 16.5. The van der Waals surface area contributed by atoms with Crippen LogP contribution in [0.5, 0.6) is 5.75 Å². The third-order valence-corrected chi connectivity index (χ3v) is 3.82. The highest BCUT2D eigenvalue weighted by molar-refractivity contribution is 6.05. The largest absolute Gasteiger partial charge is 0.489 e. The van der Waals surface area contributed by atoms with Gasteiger partial charge in [0.05, 0.1) is 0 Å². The average Bonchev–Trinajstić information content (AvgIpc) is 3.15. The maximum absolute atomic E-state index is 12.2. The van der Waals surface area contributed by atoms with E-state index in [4.69, 9.17) is 4.74 Å². The molecule has 0 unspecified atom stereocenters. The van der Waals surface area contributed by atoms with Crippen molar-refractivity contribution in [2.24, 2.45) is 0 Å². The quantitative estimate of drug-likeness (QED) is 0.476. The third-order valence-electron chi connectivity index (χ3n) is 3.82. The highest BCUT2D eigenvalue weighted by Crippen LogP contribution is 2.15. The van der Waals surface area contributed by atoms with E-state index >= 15 is 0 Å². The van der Waals surface area contributed by atoms with Crippen molar-refractivity contribution in [2.45, 2.75) is 20.1 Å². The van der Waals surface area contributed by atoms with Gasteiger partial charge in [-0.25, -0.2) is 0 Å². The summed E-state index contributed by atoms with van der Waals surface area (Å²) >= 11 is 0. The van der Waals surface area contributed by atoms with Crippen LogP contribution in [0.3, 0.4) is 0 Å². The number of rotatable bonds is 7. The Morgan fingerprint density at radius 2 is 1.84 bits per heavy atom. The normalized spacial score (nSPS) is 10.9. The van der Waals surface area contributed by atoms with Crippen LogP contribution in [0.15, 0.2) is 72.9 Å². The fourth-order valence-electron chi connectivity index (χ4n) is 2.47. The van der Waals surface area contributed by atoms with E-state index in [1.165, 1.54) is 0 Å². The van der Waals surface area contributed by atoms with Gasteiger partial charge >= 0.3 is 0 Å². The molecule has 0 aliphatic carbocycles. The number of allylic oxidation sites excluding steroid dienone is 1. The Morgan fingerprint density at radius 3 is 2.56 bits per heavy atom. The number of ketones is 1. The van der Waals surface area contributed by atoms with Crippen molar-refractivity contribution in [3.63, 3.8) is 0 Å². The minimum atomic E-state index is -0.0521. The molecule has 0 saturated carbocycles. The second kappa shape index (κ2) is 8.11. The second-order valence-electron chi connectivity index (χ2n) is 5.57. The molecule has 0 amide bonds. The van der Waals surface area contributed by atoms with Crippen LogP contribution in [-0.4, -0.2) is 15.6 Å². The molecule has 126 valence electrons. The maximum atomic E-state index is 12.2. The van der Waals surface area contributed by atoms with Crippen molar-refractivity contribution in [2.75, 3.05) is 0 Å². The van der Waals surface area contributed by atoms with Crippen LogP contribution < -0.4 is 4.74 Å². The number of nitrogens with zero attached hydrogens (tertiary/aromatic N) is 2. The van der Waals surface area contributed by atoms with Crippen LogP contribution in [0.1, 0.15) is 28.5 Å². The zero-order valence-electron chi connectivity index (χ0n) is 14.1. The summed E-state index contributed by atoms with van der Waals surface area (Å²) in [4.78, 5) is 12.2. The van der Waals surface area contributed by atoms with Crippen molar-refractivity contribution >= 4 is 11.9 Å². The molecule has 0 N–H and O–H groups in total. The molecule has 0 spiro atoms. The fraction of sp³-hybridized carbons (Fsp3) is 0.143. The lowest BCUT2D eigenvalue weighted by Gasteiger charge is -2.06. The van der Waals surface area contributed by atoms with Gasteiger partial charge in [0.2, 0.25) is 5.78 Å². The standard InChI is InChI=1S/C21H20N2O2/c1-2-23-20(14-15-22-23)21(24)13-10-17-8-11-19(12-9-17)25-16-18-6-4-3-5-7-18/h3-15H,2,16H2,1H3/b13-10+. The first-order chi connectivity index (χ1) is 12.3. The van der Waals surface area contributed by atoms with Gasteiger partial charge in [0.15, 0.2) is 0 Å². The zero-order chi connectivity index (χ0) is 17.5. The number of aryl methyl sites for hydroxylation is 1. The summed E-state index contributed by atoms with van der Waals surface area (Å²) in [6.07, 6.45) is 5.02. The van der Waals surface area contributed by atoms with Crippen LogP contribution in [-0.2, 0) is 13.2 Å². The molecule has 3 rings (SSSR count). The van der Waals surface area contributed by atoms with Crippen LogP contribution in [0, 0.1) is 0 Å². The van der Waals surface area contributed by atoms with E-state index < -0.39 is 0 Å². The summed E-state index contributed by atoms with van der Waals surface area (Å²) in [6.45, 7) is 3.17. The first-order valence-corrected chi connectivity index (χ1v) is 8.27. The lowest BCUT2D eigenvalue weighted by Crippen LogP contribution is -2.07. The van der Waals surface area contributed by atoms with Crippen molar-refractivity contribution in [1.29, 1.82) is 0 Å². The predicted octanol–water partition coefficient (Wildman–Crippen LogP) is 4.38. The molecule has 1 aromatic heterocycles. The van der Waals surface area contributed by atoms with E-state index in [9.17, 15) is 4.79 Å². The molecule has 2 aromatic carbocycles. The van der Waals surface area contributed by atoms with Crippen molar-refractivity contribution in [3.8, 4) is 5.75 Å². The van der Waals surface area contributed by atoms with E-state index in [1.54, 1.807) is 29.1 Å². The van der Waals surface area contributed by atoms with Crippen molar-refractivity contribution in [1.82, 2.24) is 9.78 Å². The second-order valence-corrected chi connectivity index (χ2v) is 5.57. The summed E-state index contributed by atoms with van der Waals surface area (Å²) in [6, 6.07) is 19.4. The summed E-state index contributed by atoms with van der Waals surface area (Å²) in [5.41, 5.74) is 2.68. The molecule has 4 heteroatoms. The number of benzene rings is 2. The molecular formula is C21H20N2O2. The van der Waals surface area contributed by atoms with E-state index in [1.807, 2.05) is 61.5 Å². The maximum Gasteiger partial charge on any atom is 0.203 e. The van der Waals surface area contributed by atoms with Gasteiger partial charge in [0, 0.05) is 12.7 Å². The molecule has 0 saturated heterocycles. The molecule has 0 aliphatic heterocycles. The molecule has 3 aromatic rings. The van der Waals surface area contributed by atoms with Crippen LogP contribution in [0.4, 0.5) is 0 Å². The minimum Gasteiger partial charge on any atom is -0.489 e. The first kappa shape index (κ1) is 16.7. The third kappa shape index (κ3) is 4.44. The number of hydrogen-bond donors (Lipinski definition) is 0. The van der Waals surface area contributed by atoms with Gasteiger partial charge in [0.1, 0.15) is 18.1 Å². The number of carbonyl (C=O) groups is 1. The van der Waals surface area contributed by atoms with Crippen molar-refractivity contribution < 1.29 is 9.53 Å². The Kier molecular flexibility index (Phi) is 5.42. The SMILES string of the molecule is CCn1nccc1C(=O)/C=C/c1ccc(OCc2ccccc2)cc1. The highest BCUT2D eigenvalue weighted by Gasteiger charge is 2.07. The monoisotopic (exact) mass is 332 g/mol. The molecule has 25 heavy (non-hydrogen) atoms. The lowest BCUT2D eigenvalue weighted by molar-refractivity contribution is 0.103. The van der Waals surface area contributed by atoms with Gasteiger partial charge in [-0.1, -0.05) is 48.5 Å². The summed E-state index contributed by atoms with van der Waals surface area (Å²) < 4.78 is 7.45. The Labute approximate surface area is 147 Å². The Balaban J connectivity index is 1.59. The first-order valence-electron chi connectivity index (χ1n) is 8.27. The average molecular weight is 332 g/mol. The Hall–Kier alpha value is -3.14. The molecule has 0 radical (unpaired) electrons. The molecule has 1 heterocycles. The number of ether oxygens (including phenoxy) is 1. The predicted molar refractivity (Wildman–Crippen MR) is 98.5 cm³/mol. The molecule has 4 nitrogen and oxygen atoms in total. The van der Waals surface area contributed by atoms with E-state index in [0.29, 0.717) is 18.8 Å². The molecule has 0 atom stereocenters. The number of aromatic nitrogens is 2. The number of hydrogen-bond acceptors (Lipinski definition) is 3. The lowest BCUT2D eigenvalue weighted by atomic mass is 10.1. The van der Waals surface area contributed by atoms with Crippen LogP contribution in [0.25, 0.3) is 6.08 Å². The molecule has 0 bridgehead atoms. The van der Waals surface area contributed by atoms with E-state index in [2.05, 4.69) is 5.10 Å². The zero-order valence-corrected chi connectivity index (χ0v) is 14.1. The molecular weight excluding hydrogens is 312 g/mol. The van der Waals surface area contributed by atoms with Gasteiger partial charge in [-0.05, 0) is 42.3 Å². The van der Waals surface area contributed by atoms with E-state index in [-0.39, 0.29) is 5.78 Å². The van der Waals surface area contributed by atoms with Crippen LogP contribution >= 0.6 is 0 Å². The van der Waals surface area contributed by atoms with Crippen LogP contribution in [0.2, 0.25) is 0 Å². The fourth-order valence-corrected chi connectivity index (χ4v) is 2.47. The minimum absolute atomic E-state index is 0.0521. The van der Waals surface area contributed by atoms with Gasteiger partial charge in [-0.3, -0.25) is 9.48 Å². The van der Waals surface area contributed by atoms with Gasteiger partial charge < -0.3 is 4.74 Å². The topological polar surface area (TPSA) is 44.1 Å². The Bertz CT molecular complexity index is 849. The van der Waals surface area contributed by atoms with Gasteiger partial charge in [-0.15, -0.1) is 0 Å². The smallest absolute Gasteiger partial charge is 0.203 e. The molecule has 0 aliphatic rings. The van der Waals surface area contributed by atoms with Gasteiger partial charge in [-0.2, -0.15) is 5.10 Å². The van der Waals surface area contributed by atoms with Crippen molar-refractivity contribution in [3.05, 3.63) is 89.8 Å².